The second kappa shape index (κ2) is 4.45. The molecule has 1 fully saturated rings. The van der Waals surface area contributed by atoms with Gasteiger partial charge in [-0.05, 0) is 25.7 Å². The van der Waals surface area contributed by atoms with Gasteiger partial charge in [-0.1, -0.05) is 0 Å². The highest BCUT2D eigenvalue weighted by molar-refractivity contribution is 5.66. The monoisotopic (exact) mass is 172 g/mol. The van der Waals surface area contributed by atoms with Crippen molar-refractivity contribution in [1.29, 1.82) is 0 Å². The van der Waals surface area contributed by atoms with Gasteiger partial charge in [-0.3, -0.25) is 4.79 Å². The fraction of sp³-hybridized carbons (Fsp3) is 0.889. The molecule has 0 amide bonds. The van der Waals surface area contributed by atoms with E-state index in [1.165, 1.54) is 6.92 Å². The number of methoxy groups -OCH3 is 1. The van der Waals surface area contributed by atoms with Gasteiger partial charge in [0.05, 0.1) is 6.10 Å². The number of ether oxygens (including phenoxy) is 2. The molecule has 3 heteroatoms. The van der Waals surface area contributed by atoms with E-state index in [0.717, 1.165) is 25.7 Å². The maximum atomic E-state index is 10.6. The second-order valence-electron chi connectivity index (χ2n) is 3.24. The van der Waals surface area contributed by atoms with Gasteiger partial charge in [-0.25, -0.2) is 0 Å². The van der Waals surface area contributed by atoms with Crippen LogP contribution in [0.3, 0.4) is 0 Å². The van der Waals surface area contributed by atoms with Crippen LogP contribution in [0.5, 0.6) is 0 Å². The molecule has 0 radical (unpaired) electrons. The molecule has 1 aliphatic carbocycles. The molecule has 1 rings (SSSR count). The average molecular weight is 172 g/mol. The zero-order valence-corrected chi connectivity index (χ0v) is 7.71. The van der Waals surface area contributed by atoms with E-state index in [2.05, 4.69) is 0 Å². The van der Waals surface area contributed by atoms with Crippen LogP contribution >= 0.6 is 0 Å². The molecule has 0 saturated heterocycles. The Balaban J connectivity index is 2.21. The number of carbonyl (C=O) groups is 1. The van der Waals surface area contributed by atoms with Gasteiger partial charge in [-0.2, -0.15) is 0 Å². The van der Waals surface area contributed by atoms with E-state index < -0.39 is 0 Å². The average Bonchev–Trinajstić information content (AvgIpc) is 2.05. The Morgan fingerprint density at radius 3 is 2.08 bits per heavy atom. The minimum absolute atomic E-state index is 0.133. The summed E-state index contributed by atoms with van der Waals surface area (Å²) in [6.45, 7) is 1.46. The van der Waals surface area contributed by atoms with Crippen LogP contribution in [-0.4, -0.2) is 25.3 Å². The Bertz CT molecular complexity index is 148. The van der Waals surface area contributed by atoms with Crippen LogP contribution in [-0.2, 0) is 14.3 Å². The topological polar surface area (TPSA) is 35.5 Å². The lowest BCUT2D eigenvalue weighted by Crippen LogP contribution is -2.26. The lowest BCUT2D eigenvalue weighted by atomic mass is 9.95. The van der Waals surface area contributed by atoms with E-state index in [0.29, 0.717) is 6.10 Å². The Kier molecular flexibility index (Phi) is 3.53. The summed E-state index contributed by atoms with van der Waals surface area (Å²) in [5, 5.41) is 0. The molecule has 0 aromatic carbocycles. The second-order valence-corrected chi connectivity index (χ2v) is 3.24. The van der Waals surface area contributed by atoms with Crippen molar-refractivity contribution in [2.45, 2.75) is 44.8 Å². The molecular weight excluding hydrogens is 156 g/mol. The first-order valence-electron chi connectivity index (χ1n) is 4.42. The third-order valence-electron chi connectivity index (χ3n) is 2.29. The summed E-state index contributed by atoms with van der Waals surface area (Å²) in [5.74, 6) is -0.170. The normalized spacial score (nSPS) is 29.8. The Hall–Kier alpha value is -0.570. The molecule has 0 heterocycles. The highest BCUT2D eigenvalue weighted by Gasteiger charge is 2.22. The Morgan fingerprint density at radius 2 is 1.67 bits per heavy atom. The summed E-state index contributed by atoms with van der Waals surface area (Å²) in [6.07, 6.45) is 4.41. The minimum atomic E-state index is -0.170. The van der Waals surface area contributed by atoms with E-state index in [9.17, 15) is 4.79 Å². The number of carbonyl (C=O) groups excluding carboxylic acids is 1. The van der Waals surface area contributed by atoms with Crippen LogP contribution in [0.4, 0.5) is 0 Å². The number of hydrogen-bond donors (Lipinski definition) is 0. The highest BCUT2D eigenvalue weighted by atomic mass is 16.5. The van der Waals surface area contributed by atoms with Crippen molar-refractivity contribution in [2.75, 3.05) is 7.11 Å². The van der Waals surface area contributed by atoms with Gasteiger partial charge in [0.1, 0.15) is 6.10 Å². The largest absolute Gasteiger partial charge is 0.463 e. The standard InChI is InChI=1S/C9H16O3/c1-7(10)12-9-5-3-8(11-2)4-6-9/h8-9H,3-6H2,1-2H3. The van der Waals surface area contributed by atoms with Gasteiger partial charge in [0.15, 0.2) is 0 Å². The third kappa shape index (κ3) is 2.81. The molecule has 1 aliphatic rings. The van der Waals surface area contributed by atoms with Crippen molar-refractivity contribution in [2.24, 2.45) is 0 Å². The van der Waals surface area contributed by atoms with Gasteiger partial charge >= 0.3 is 5.97 Å². The molecule has 0 aliphatic heterocycles. The summed E-state index contributed by atoms with van der Waals surface area (Å²) < 4.78 is 10.3. The van der Waals surface area contributed by atoms with Gasteiger partial charge in [0.25, 0.3) is 0 Å². The molecule has 0 N–H and O–H groups in total. The zero-order valence-electron chi connectivity index (χ0n) is 7.71. The predicted octanol–water partition coefficient (Wildman–Crippen LogP) is 1.51. The molecule has 0 spiro atoms. The van der Waals surface area contributed by atoms with E-state index in [1.54, 1.807) is 7.11 Å². The van der Waals surface area contributed by atoms with E-state index >= 15 is 0 Å². The summed E-state index contributed by atoms with van der Waals surface area (Å²) in [7, 11) is 1.73. The van der Waals surface area contributed by atoms with E-state index in [4.69, 9.17) is 9.47 Å². The number of esters is 1. The summed E-state index contributed by atoms with van der Waals surface area (Å²) in [4.78, 5) is 10.6. The first kappa shape index (κ1) is 9.52. The molecule has 0 unspecified atom stereocenters. The molecule has 0 atom stereocenters. The van der Waals surface area contributed by atoms with Crippen molar-refractivity contribution in [3.05, 3.63) is 0 Å². The van der Waals surface area contributed by atoms with Gasteiger partial charge in [-0.15, -0.1) is 0 Å². The molecular formula is C9H16O3. The zero-order chi connectivity index (χ0) is 8.97. The lowest BCUT2D eigenvalue weighted by molar-refractivity contribution is -0.149. The van der Waals surface area contributed by atoms with Gasteiger partial charge in [0, 0.05) is 14.0 Å². The smallest absolute Gasteiger partial charge is 0.302 e. The summed E-state index contributed by atoms with van der Waals surface area (Å²) in [5.41, 5.74) is 0. The fourth-order valence-electron chi connectivity index (χ4n) is 1.62. The maximum Gasteiger partial charge on any atom is 0.302 e. The maximum absolute atomic E-state index is 10.6. The van der Waals surface area contributed by atoms with Crippen molar-refractivity contribution in [1.82, 2.24) is 0 Å². The Morgan fingerprint density at radius 1 is 1.17 bits per heavy atom. The molecule has 0 aromatic heterocycles. The molecule has 1 saturated carbocycles. The van der Waals surface area contributed by atoms with Crippen molar-refractivity contribution >= 4 is 5.97 Å². The lowest BCUT2D eigenvalue weighted by Gasteiger charge is -2.26. The SMILES string of the molecule is COC1CCC(OC(C)=O)CC1. The third-order valence-corrected chi connectivity index (χ3v) is 2.29. The van der Waals surface area contributed by atoms with Crippen molar-refractivity contribution in [3.63, 3.8) is 0 Å². The van der Waals surface area contributed by atoms with Crippen LogP contribution in [0.25, 0.3) is 0 Å². The Labute approximate surface area is 73.0 Å². The van der Waals surface area contributed by atoms with Crippen LogP contribution in [0, 0.1) is 0 Å². The van der Waals surface area contributed by atoms with Crippen LogP contribution in [0.15, 0.2) is 0 Å². The van der Waals surface area contributed by atoms with Gasteiger partial charge in [0.2, 0.25) is 0 Å². The van der Waals surface area contributed by atoms with Crippen LogP contribution in [0.1, 0.15) is 32.6 Å². The van der Waals surface area contributed by atoms with Gasteiger partial charge < -0.3 is 9.47 Å². The number of rotatable bonds is 2. The van der Waals surface area contributed by atoms with E-state index in [-0.39, 0.29) is 12.1 Å². The fourth-order valence-corrected chi connectivity index (χ4v) is 1.62. The van der Waals surface area contributed by atoms with Crippen LogP contribution < -0.4 is 0 Å². The minimum Gasteiger partial charge on any atom is -0.463 e. The quantitative estimate of drug-likeness (QED) is 0.592. The van der Waals surface area contributed by atoms with E-state index in [1.807, 2.05) is 0 Å². The van der Waals surface area contributed by atoms with Crippen LogP contribution in [0.2, 0.25) is 0 Å². The van der Waals surface area contributed by atoms with Crippen molar-refractivity contribution in [3.8, 4) is 0 Å². The molecule has 12 heavy (non-hydrogen) atoms. The summed E-state index contributed by atoms with van der Waals surface area (Å²) in [6, 6.07) is 0. The first-order chi connectivity index (χ1) is 5.72. The molecule has 0 aromatic rings. The first-order valence-corrected chi connectivity index (χ1v) is 4.42. The molecule has 3 nitrogen and oxygen atoms in total. The highest BCUT2D eigenvalue weighted by Crippen LogP contribution is 2.22. The predicted molar refractivity (Wildman–Crippen MR) is 44.8 cm³/mol. The van der Waals surface area contributed by atoms with Crippen molar-refractivity contribution < 1.29 is 14.3 Å². The number of hydrogen-bond acceptors (Lipinski definition) is 3. The molecule has 0 bridgehead atoms. The summed E-state index contributed by atoms with van der Waals surface area (Å²) >= 11 is 0. The molecule has 70 valence electrons.